The number of hydrogen-bond acceptors (Lipinski definition) is 4. The van der Waals surface area contributed by atoms with E-state index in [1.165, 1.54) is 36.4 Å². The Hall–Kier alpha value is -3.27. The number of benzene rings is 2. The molecule has 0 unspecified atom stereocenters. The van der Waals surface area contributed by atoms with Crippen LogP contribution in [-0.4, -0.2) is 21.1 Å². The molecule has 2 rings (SSSR count). The molecule has 4 heteroatoms. The molecule has 23 heavy (non-hydrogen) atoms. The molecule has 2 aromatic carbocycles. The van der Waals surface area contributed by atoms with Gasteiger partial charge in [0.2, 0.25) is 0 Å². The van der Waals surface area contributed by atoms with Crippen LogP contribution in [0.3, 0.4) is 0 Å². The topological polar surface area (TPSA) is 77.8 Å². The van der Waals surface area contributed by atoms with Crippen LogP contribution in [0.1, 0.15) is 11.1 Å². The molecule has 0 aliphatic carbocycles. The van der Waals surface area contributed by atoms with E-state index in [1.54, 1.807) is 36.4 Å². The summed E-state index contributed by atoms with van der Waals surface area (Å²) in [5.74, 6) is -0.501. The Morgan fingerprint density at radius 1 is 0.783 bits per heavy atom. The predicted molar refractivity (Wildman–Crippen MR) is 90.0 cm³/mol. The zero-order valence-corrected chi connectivity index (χ0v) is 12.3. The predicted octanol–water partition coefficient (Wildman–Crippen LogP) is 3.84. The molecule has 0 bridgehead atoms. The van der Waals surface area contributed by atoms with Crippen LogP contribution in [0.15, 0.2) is 72.5 Å². The fourth-order valence-corrected chi connectivity index (χ4v) is 1.85. The average Bonchev–Trinajstić information content (AvgIpc) is 2.53. The SMILES string of the molecule is O=C(C=C(O)/C=C/c1ccccc1O)/C=C/c1ccccc1O. The summed E-state index contributed by atoms with van der Waals surface area (Å²) in [6.45, 7) is 0. The molecule has 2 aromatic rings. The number of carbonyl (C=O) groups excluding carboxylic acids is 1. The smallest absolute Gasteiger partial charge is 0.182 e. The fraction of sp³-hybridized carbons (Fsp3) is 0. The van der Waals surface area contributed by atoms with E-state index in [9.17, 15) is 20.1 Å². The summed E-state index contributed by atoms with van der Waals surface area (Å²) in [6, 6.07) is 13.3. The third-order valence-electron chi connectivity index (χ3n) is 3.02. The van der Waals surface area contributed by atoms with Crippen LogP contribution >= 0.6 is 0 Å². The van der Waals surface area contributed by atoms with Gasteiger partial charge in [-0.05, 0) is 36.4 Å². The van der Waals surface area contributed by atoms with Gasteiger partial charge in [-0.1, -0.05) is 36.4 Å². The number of hydrogen-bond donors (Lipinski definition) is 3. The Balaban J connectivity index is 2.04. The number of para-hydroxylation sites is 2. The lowest BCUT2D eigenvalue weighted by atomic mass is 10.1. The van der Waals surface area contributed by atoms with Crippen LogP contribution in [0.25, 0.3) is 12.2 Å². The van der Waals surface area contributed by atoms with E-state index in [1.807, 2.05) is 0 Å². The highest BCUT2D eigenvalue weighted by Gasteiger charge is 1.98. The van der Waals surface area contributed by atoms with Crippen LogP contribution in [0.5, 0.6) is 11.5 Å². The molecular weight excluding hydrogens is 292 g/mol. The maximum atomic E-state index is 11.7. The van der Waals surface area contributed by atoms with Gasteiger partial charge >= 0.3 is 0 Å². The number of phenols is 2. The van der Waals surface area contributed by atoms with Gasteiger partial charge < -0.3 is 15.3 Å². The van der Waals surface area contributed by atoms with E-state index in [4.69, 9.17) is 0 Å². The van der Waals surface area contributed by atoms with E-state index in [0.717, 1.165) is 6.08 Å². The zero-order valence-electron chi connectivity index (χ0n) is 12.3. The Labute approximate surface area is 134 Å². The summed E-state index contributed by atoms with van der Waals surface area (Å²) in [5, 5.41) is 28.9. The first-order valence-corrected chi connectivity index (χ1v) is 6.93. The molecule has 0 saturated heterocycles. The Bertz CT molecular complexity index is 785. The van der Waals surface area contributed by atoms with Crippen molar-refractivity contribution >= 4 is 17.9 Å². The van der Waals surface area contributed by atoms with Gasteiger partial charge in [0.1, 0.15) is 17.3 Å². The molecule has 3 N–H and O–H groups in total. The minimum atomic E-state index is -0.423. The molecule has 0 fully saturated rings. The highest BCUT2D eigenvalue weighted by atomic mass is 16.3. The first-order valence-electron chi connectivity index (χ1n) is 6.93. The second kappa shape index (κ2) is 7.66. The Morgan fingerprint density at radius 3 is 1.78 bits per heavy atom. The average molecular weight is 308 g/mol. The van der Waals surface area contributed by atoms with Crippen molar-refractivity contribution in [3.63, 3.8) is 0 Å². The molecule has 0 radical (unpaired) electrons. The first-order chi connectivity index (χ1) is 11.1. The van der Waals surface area contributed by atoms with Gasteiger partial charge in [0.15, 0.2) is 5.78 Å². The van der Waals surface area contributed by atoms with Crippen molar-refractivity contribution in [1.82, 2.24) is 0 Å². The summed E-state index contributed by atoms with van der Waals surface area (Å²) in [6.07, 6.45) is 6.59. The van der Waals surface area contributed by atoms with Gasteiger partial charge in [0, 0.05) is 17.2 Å². The number of carbonyl (C=O) groups is 1. The summed E-state index contributed by atoms with van der Waals surface area (Å²) < 4.78 is 0. The molecule has 0 heterocycles. The lowest BCUT2D eigenvalue weighted by molar-refractivity contribution is -0.110. The number of allylic oxidation sites excluding steroid dienone is 3. The number of phenolic OH excluding ortho intramolecular Hbond substituents is 2. The molecule has 0 amide bonds. The second-order valence-corrected chi connectivity index (χ2v) is 4.76. The molecule has 0 aliphatic heterocycles. The molecule has 116 valence electrons. The Kier molecular flexibility index (Phi) is 5.36. The molecule has 0 aromatic heterocycles. The van der Waals surface area contributed by atoms with E-state index in [-0.39, 0.29) is 17.3 Å². The third kappa shape index (κ3) is 4.89. The minimum Gasteiger partial charge on any atom is -0.508 e. The van der Waals surface area contributed by atoms with Crippen molar-refractivity contribution in [3.05, 3.63) is 83.6 Å². The van der Waals surface area contributed by atoms with Crippen LogP contribution in [0, 0.1) is 0 Å². The summed E-state index contributed by atoms with van der Waals surface area (Å²) >= 11 is 0. The normalized spacial score (nSPS) is 12.1. The standard InChI is InChI=1S/C19H16O4/c20-16(11-9-14-5-1-3-7-18(14)22)13-17(21)12-10-15-6-2-4-8-19(15)23/h1-13,20,22-23H/b11-9+,12-10+,16-13?. The fourth-order valence-electron chi connectivity index (χ4n) is 1.85. The molecule has 0 atom stereocenters. The van der Waals surface area contributed by atoms with Crippen molar-refractivity contribution < 1.29 is 20.1 Å². The van der Waals surface area contributed by atoms with Gasteiger partial charge in [-0.3, -0.25) is 4.79 Å². The highest BCUT2D eigenvalue weighted by molar-refractivity contribution is 6.02. The summed E-state index contributed by atoms with van der Waals surface area (Å²) in [4.78, 5) is 11.7. The second-order valence-electron chi connectivity index (χ2n) is 4.76. The van der Waals surface area contributed by atoms with E-state index >= 15 is 0 Å². The molecule has 4 nitrogen and oxygen atoms in total. The Morgan fingerprint density at radius 2 is 1.26 bits per heavy atom. The number of aliphatic hydroxyl groups is 1. The van der Waals surface area contributed by atoms with Crippen LogP contribution < -0.4 is 0 Å². The van der Waals surface area contributed by atoms with Crippen LogP contribution in [-0.2, 0) is 4.79 Å². The van der Waals surface area contributed by atoms with Crippen LogP contribution in [0.2, 0.25) is 0 Å². The third-order valence-corrected chi connectivity index (χ3v) is 3.02. The van der Waals surface area contributed by atoms with E-state index < -0.39 is 5.78 Å². The van der Waals surface area contributed by atoms with Gasteiger partial charge in [-0.15, -0.1) is 0 Å². The van der Waals surface area contributed by atoms with Crippen molar-refractivity contribution in [2.45, 2.75) is 0 Å². The van der Waals surface area contributed by atoms with Gasteiger partial charge in [-0.2, -0.15) is 0 Å². The zero-order chi connectivity index (χ0) is 16.7. The van der Waals surface area contributed by atoms with E-state index in [0.29, 0.717) is 11.1 Å². The lowest BCUT2D eigenvalue weighted by Crippen LogP contribution is -1.88. The van der Waals surface area contributed by atoms with Gasteiger partial charge in [0.05, 0.1) is 0 Å². The maximum absolute atomic E-state index is 11.7. The number of aromatic hydroxyl groups is 2. The minimum absolute atomic E-state index is 0.0733. The van der Waals surface area contributed by atoms with Crippen molar-refractivity contribution in [3.8, 4) is 11.5 Å². The van der Waals surface area contributed by atoms with Gasteiger partial charge in [0.25, 0.3) is 0 Å². The quantitative estimate of drug-likeness (QED) is 0.445. The molecule has 0 spiro atoms. The molecule has 0 aliphatic rings. The van der Waals surface area contributed by atoms with Crippen molar-refractivity contribution in [2.24, 2.45) is 0 Å². The van der Waals surface area contributed by atoms with E-state index in [2.05, 4.69) is 0 Å². The first kappa shape index (κ1) is 16.1. The van der Waals surface area contributed by atoms with Gasteiger partial charge in [-0.25, -0.2) is 0 Å². The summed E-state index contributed by atoms with van der Waals surface area (Å²) in [7, 11) is 0. The number of ketones is 1. The van der Waals surface area contributed by atoms with Crippen molar-refractivity contribution in [2.75, 3.05) is 0 Å². The van der Waals surface area contributed by atoms with Crippen LogP contribution in [0.4, 0.5) is 0 Å². The number of rotatable bonds is 5. The summed E-state index contributed by atoms with van der Waals surface area (Å²) in [5.41, 5.74) is 1.04. The maximum Gasteiger partial charge on any atom is 0.182 e. The molecular formula is C19H16O4. The highest BCUT2D eigenvalue weighted by Crippen LogP contribution is 2.18. The van der Waals surface area contributed by atoms with Crippen molar-refractivity contribution in [1.29, 1.82) is 0 Å². The molecule has 0 saturated carbocycles. The largest absolute Gasteiger partial charge is 0.508 e. The monoisotopic (exact) mass is 308 g/mol. The number of aliphatic hydroxyl groups excluding tert-OH is 1. The lowest BCUT2D eigenvalue weighted by Gasteiger charge is -1.97.